The molecule has 9 heteroatoms. The first-order valence-electron chi connectivity index (χ1n) is 9.53. The molecule has 2 aromatic heterocycles. The van der Waals surface area contributed by atoms with E-state index >= 15 is 0 Å². The first-order chi connectivity index (χ1) is 14.5. The third-order valence-corrected chi connectivity index (χ3v) is 5.13. The van der Waals surface area contributed by atoms with Gasteiger partial charge in [-0.3, -0.25) is 9.36 Å². The Bertz CT molecular complexity index is 1200. The lowest BCUT2D eigenvalue weighted by molar-refractivity contribution is 0.0989. The van der Waals surface area contributed by atoms with Crippen LogP contribution in [0, 0.1) is 11.3 Å². The average molecular weight is 403 g/mol. The number of hydrogen-bond acceptors (Lipinski definition) is 6. The van der Waals surface area contributed by atoms with Crippen LogP contribution in [0.15, 0.2) is 48.1 Å². The fourth-order valence-corrected chi connectivity index (χ4v) is 3.83. The Labute approximate surface area is 173 Å². The van der Waals surface area contributed by atoms with Gasteiger partial charge >= 0.3 is 0 Å². The van der Waals surface area contributed by atoms with Crippen molar-refractivity contribution in [3.8, 4) is 17.6 Å². The van der Waals surface area contributed by atoms with Gasteiger partial charge in [0.25, 0.3) is 5.91 Å². The lowest BCUT2D eigenvalue weighted by Crippen LogP contribution is -2.22. The molecular formula is C21H21N7O2. The number of carbonyl (C=O) groups excluding carboxylic acids is 1. The van der Waals surface area contributed by atoms with Crippen molar-refractivity contribution >= 4 is 5.91 Å². The number of nitrogens with two attached hydrogens (primary N) is 2. The highest BCUT2D eigenvalue weighted by Gasteiger charge is 2.35. The number of nitrogens with zero attached hydrogens (tertiary/aromatic N) is 5. The van der Waals surface area contributed by atoms with Crippen LogP contribution in [0.3, 0.4) is 0 Å². The van der Waals surface area contributed by atoms with Crippen molar-refractivity contribution in [1.29, 1.82) is 5.26 Å². The number of allylic oxidation sites excluding steroid dienone is 1. The van der Waals surface area contributed by atoms with E-state index in [9.17, 15) is 10.1 Å². The Hall–Kier alpha value is -4.06. The van der Waals surface area contributed by atoms with Crippen molar-refractivity contribution in [3.63, 3.8) is 0 Å². The summed E-state index contributed by atoms with van der Waals surface area (Å²) in [7, 11) is 1.80. The van der Waals surface area contributed by atoms with Crippen LogP contribution in [0.5, 0.6) is 5.88 Å². The second-order valence-electron chi connectivity index (χ2n) is 7.04. The number of nitriles is 1. The van der Waals surface area contributed by atoms with Crippen molar-refractivity contribution in [3.05, 3.63) is 70.8 Å². The minimum atomic E-state index is -0.611. The van der Waals surface area contributed by atoms with Crippen LogP contribution < -0.4 is 16.2 Å². The highest BCUT2D eigenvalue weighted by Crippen LogP contribution is 2.44. The number of aryl methyl sites for hydroxylation is 2. The van der Waals surface area contributed by atoms with Crippen molar-refractivity contribution < 1.29 is 9.53 Å². The first-order valence-corrected chi connectivity index (χ1v) is 9.53. The lowest BCUT2D eigenvalue weighted by Gasteiger charge is -2.25. The Kier molecular flexibility index (Phi) is 4.75. The number of primary amides is 1. The fourth-order valence-electron chi connectivity index (χ4n) is 3.83. The summed E-state index contributed by atoms with van der Waals surface area (Å²) in [6.07, 6.45) is 4.85. The van der Waals surface area contributed by atoms with Crippen LogP contribution >= 0.6 is 0 Å². The van der Waals surface area contributed by atoms with Gasteiger partial charge in [0, 0.05) is 25.1 Å². The molecule has 1 aliphatic rings. The molecule has 1 unspecified atom stereocenters. The van der Waals surface area contributed by atoms with Crippen LogP contribution in [0.4, 0.5) is 0 Å². The van der Waals surface area contributed by atoms with E-state index in [0.29, 0.717) is 11.5 Å². The summed E-state index contributed by atoms with van der Waals surface area (Å²) in [6.45, 7) is 2.07. The van der Waals surface area contributed by atoms with E-state index in [-0.39, 0.29) is 17.6 Å². The van der Waals surface area contributed by atoms with Gasteiger partial charge in [-0.2, -0.15) is 10.4 Å². The number of ether oxygens (including phenoxy) is 1. The molecule has 4 N–H and O–H groups in total. The maximum Gasteiger partial charge on any atom is 0.285 e. The molecule has 3 heterocycles. The lowest BCUT2D eigenvalue weighted by atomic mass is 9.83. The van der Waals surface area contributed by atoms with Crippen molar-refractivity contribution in [1.82, 2.24) is 19.3 Å². The quantitative estimate of drug-likeness (QED) is 0.667. The maximum atomic E-state index is 11.6. The zero-order valence-corrected chi connectivity index (χ0v) is 16.7. The molecule has 0 saturated carbocycles. The second-order valence-corrected chi connectivity index (χ2v) is 7.04. The van der Waals surface area contributed by atoms with Gasteiger partial charge in [0.1, 0.15) is 11.6 Å². The normalized spacial score (nSPS) is 15.4. The SMILES string of the molecule is CCCc1nn(C)c2c1C(c1ccc(-n3ccnc3C(N)=O)cc1)C(C#N)=C(N)O2. The summed E-state index contributed by atoms with van der Waals surface area (Å²) in [4.78, 5) is 15.6. The molecule has 9 nitrogen and oxygen atoms in total. The molecule has 0 bridgehead atoms. The van der Waals surface area contributed by atoms with Gasteiger partial charge in [-0.15, -0.1) is 0 Å². The summed E-state index contributed by atoms with van der Waals surface area (Å²) in [5, 5.41) is 14.4. The van der Waals surface area contributed by atoms with Crippen molar-refractivity contribution in [2.45, 2.75) is 25.7 Å². The predicted octanol–water partition coefficient (Wildman–Crippen LogP) is 1.88. The minimum absolute atomic E-state index is 0.0794. The standard InChI is InChI=1S/C21H21N7O2/c1-3-4-15-17-16(14(11-22)19(24)30-21(17)27(2)26-15)12-5-7-13(8-6-12)28-10-9-25-20(28)18(23)29/h5-10,16H,3-4,24H2,1-2H3,(H2,23,29). The molecule has 1 amide bonds. The molecule has 0 fully saturated rings. The molecule has 3 aromatic rings. The van der Waals surface area contributed by atoms with Crippen molar-refractivity contribution in [2.75, 3.05) is 0 Å². The zero-order valence-electron chi connectivity index (χ0n) is 16.7. The molecule has 0 aliphatic carbocycles. The largest absolute Gasteiger partial charge is 0.422 e. The monoisotopic (exact) mass is 403 g/mol. The number of amides is 1. The first kappa shape index (κ1) is 19.3. The third-order valence-electron chi connectivity index (χ3n) is 5.13. The van der Waals surface area contributed by atoms with Crippen LogP contribution in [0.2, 0.25) is 0 Å². The Morgan fingerprint density at radius 2 is 2.07 bits per heavy atom. The van der Waals surface area contributed by atoms with Gasteiger partial charge in [-0.1, -0.05) is 25.5 Å². The van der Waals surface area contributed by atoms with Crippen LogP contribution in [-0.4, -0.2) is 25.2 Å². The second kappa shape index (κ2) is 7.40. The Morgan fingerprint density at radius 1 is 1.33 bits per heavy atom. The predicted molar refractivity (Wildman–Crippen MR) is 109 cm³/mol. The number of fused-ring (bicyclic) bond motifs is 1. The smallest absolute Gasteiger partial charge is 0.285 e. The third kappa shape index (κ3) is 2.99. The molecule has 1 aliphatic heterocycles. The summed E-state index contributed by atoms with van der Waals surface area (Å²) in [5.74, 6) is -0.220. The summed E-state index contributed by atoms with van der Waals surface area (Å²) >= 11 is 0. The van der Waals surface area contributed by atoms with E-state index in [1.54, 1.807) is 22.5 Å². The van der Waals surface area contributed by atoms with Crippen LogP contribution in [0.1, 0.15) is 46.7 Å². The molecule has 152 valence electrons. The summed E-state index contributed by atoms with van der Waals surface area (Å²) in [6, 6.07) is 9.69. The molecule has 0 spiro atoms. The van der Waals surface area contributed by atoms with E-state index in [1.807, 2.05) is 24.3 Å². The van der Waals surface area contributed by atoms with E-state index in [0.717, 1.165) is 35.3 Å². The van der Waals surface area contributed by atoms with E-state index < -0.39 is 5.91 Å². The number of benzene rings is 1. The summed E-state index contributed by atoms with van der Waals surface area (Å²) < 4.78 is 9.02. The topological polar surface area (TPSA) is 138 Å². The van der Waals surface area contributed by atoms with Gasteiger partial charge < -0.3 is 16.2 Å². The number of carbonyl (C=O) groups is 1. The number of imidazole rings is 1. The Balaban J connectivity index is 1.82. The molecule has 1 atom stereocenters. The number of rotatable bonds is 5. The highest BCUT2D eigenvalue weighted by atomic mass is 16.5. The van der Waals surface area contributed by atoms with Gasteiger partial charge in [-0.25, -0.2) is 9.67 Å². The fraction of sp³-hybridized carbons (Fsp3) is 0.238. The van der Waals surface area contributed by atoms with Crippen molar-refractivity contribution in [2.24, 2.45) is 18.5 Å². The maximum absolute atomic E-state index is 11.6. The van der Waals surface area contributed by atoms with Gasteiger partial charge in [0.15, 0.2) is 0 Å². The van der Waals surface area contributed by atoms with E-state index in [4.69, 9.17) is 16.2 Å². The number of aromatic nitrogens is 4. The van der Waals surface area contributed by atoms with E-state index in [2.05, 4.69) is 23.1 Å². The highest BCUT2D eigenvalue weighted by molar-refractivity contribution is 5.89. The minimum Gasteiger partial charge on any atom is -0.422 e. The Morgan fingerprint density at radius 3 is 2.70 bits per heavy atom. The number of hydrogen-bond donors (Lipinski definition) is 2. The molecular weight excluding hydrogens is 382 g/mol. The molecule has 0 radical (unpaired) electrons. The van der Waals surface area contributed by atoms with Gasteiger partial charge in [0.05, 0.1) is 17.2 Å². The molecule has 30 heavy (non-hydrogen) atoms. The van der Waals surface area contributed by atoms with Crippen LogP contribution in [-0.2, 0) is 13.5 Å². The van der Waals surface area contributed by atoms with E-state index in [1.165, 1.54) is 6.20 Å². The van der Waals surface area contributed by atoms with Gasteiger partial charge in [0.2, 0.25) is 17.6 Å². The average Bonchev–Trinajstić information content (AvgIpc) is 3.33. The van der Waals surface area contributed by atoms with Crippen LogP contribution in [0.25, 0.3) is 5.69 Å². The summed E-state index contributed by atoms with van der Waals surface area (Å²) in [5.41, 5.74) is 15.2. The van der Waals surface area contributed by atoms with Gasteiger partial charge in [-0.05, 0) is 24.1 Å². The molecule has 4 rings (SSSR count). The zero-order chi connectivity index (χ0) is 21.4. The molecule has 1 aromatic carbocycles. The molecule has 0 saturated heterocycles.